The molecular weight excluding hydrogens is 519 g/mol. The van der Waals surface area contributed by atoms with E-state index in [9.17, 15) is 32.4 Å². The van der Waals surface area contributed by atoms with Gasteiger partial charge in [0.25, 0.3) is 5.91 Å². The zero-order valence-corrected chi connectivity index (χ0v) is 20.0. The molecule has 1 aliphatic heterocycles. The predicted octanol–water partition coefficient (Wildman–Crippen LogP) is 6.11. The van der Waals surface area contributed by atoms with E-state index >= 15 is 4.39 Å². The molecule has 2 heterocycles. The van der Waals surface area contributed by atoms with Crippen molar-refractivity contribution in [2.45, 2.75) is 19.0 Å². The second-order valence-corrected chi connectivity index (χ2v) is 8.79. The molecule has 196 valence electrons. The van der Waals surface area contributed by atoms with E-state index in [0.29, 0.717) is 23.0 Å². The Labute approximate surface area is 218 Å². The lowest BCUT2D eigenvalue weighted by atomic mass is 10.00. The van der Waals surface area contributed by atoms with Crippen molar-refractivity contribution in [3.63, 3.8) is 0 Å². The first-order valence-corrected chi connectivity index (χ1v) is 11.7. The largest absolute Gasteiger partial charge is 0.435 e. The molecule has 0 atom stereocenters. The van der Waals surface area contributed by atoms with Crippen LogP contribution in [0.15, 0.2) is 60.7 Å². The van der Waals surface area contributed by atoms with E-state index in [1.807, 2.05) is 0 Å². The highest BCUT2D eigenvalue weighted by atomic mass is 19.4. The lowest BCUT2D eigenvalue weighted by Gasteiger charge is -2.22. The fourth-order valence-corrected chi connectivity index (χ4v) is 4.68. The van der Waals surface area contributed by atoms with Crippen molar-refractivity contribution in [1.82, 2.24) is 9.78 Å². The minimum absolute atomic E-state index is 0.0789. The number of hydrogen-bond donors (Lipinski definition) is 0. The summed E-state index contributed by atoms with van der Waals surface area (Å²) in [6.45, 7) is -0.0845. The molecule has 0 radical (unpaired) electrons. The number of aromatic nitrogens is 2. The standard InChI is InChI=1S/C28H17F5N4O2/c29-22-9-8-19(12-18(22)14-34)37-25-21(26(35-37)28(31,32)33)6-3-11-36(27(25)39)24-10-7-16(13-23(24)30)20-5-2-1-4-17(20)15-38/h1-2,4-5,7-10,12-13,15H,3,6,11H2. The Morgan fingerprint density at radius 1 is 1.00 bits per heavy atom. The van der Waals surface area contributed by atoms with Crippen molar-refractivity contribution in [2.75, 3.05) is 11.4 Å². The predicted molar refractivity (Wildman–Crippen MR) is 130 cm³/mol. The van der Waals surface area contributed by atoms with Gasteiger partial charge in [-0.05, 0) is 54.3 Å². The Balaban J connectivity index is 1.64. The zero-order chi connectivity index (χ0) is 27.9. The fraction of sp³-hybridized carbons (Fsp3) is 0.143. The number of aldehydes is 1. The van der Waals surface area contributed by atoms with Crippen LogP contribution in [-0.4, -0.2) is 28.5 Å². The van der Waals surface area contributed by atoms with Gasteiger partial charge in [0.05, 0.1) is 16.9 Å². The quantitative estimate of drug-likeness (QED) is 0.233. The van der Waals surface area contributed by atoms with Crippen molar-refractivity contribution in [3.05, 3.63) is 100 Å². The van der Waals surface area contributed by atoms with Gasteiger partial charge in [0.1, 0.15) is 23.4 Å². The molecule has 0 spiro atoms. The summed E-state index contributed by atoms with van der Waals surface area (Å²) in [7, 11) is 0. The Bertz CT molecular complexity index is 1670. The van der Waals surface area contributed by atoms with E-state index in [2.05, 4.69) is 5.10 Å². The summed E-state index contributed by atoms with van der Waals surface area (Å²) in [5.74, 6) is -2.64. The second kappa shape index (κ2) is 9.79. The van der Waals surface area contributed by atoms with Crippen LogP contribution in [0.3, 0.4) is 0 Å². The number of alkyl halides is 3. The van der Waals surface area contributed by atoms with Gasteiger partial charge < -0.3 is 4.90 Å². The maximum atomic E-state index is 15.4. The number of amides is 1. The van der Waals surface area contributed by atoms with Crippen LogP contribution in [0, 0.1) is 23.0 Å². The van der Waals surface area contributed by atoms with Gasteiger partial charge in [0.2, 0.25) is 0 Å². The molecule has 0 unspecified atom stereocenters. The Morgan fingerprint density at radius 3 is 2.46 bits per heavy atom. The van der Waals surface area contributed by atoms with Crippen molar-refractivity contribution in [3.8, 4) is 22.9 Å². The smallest absolute Gasteiger partial charge is 0.304 e. The summed E-state index contributed by atoms with van der Waals surface area (Å²) >= 11 is 0. The van der Waals surface area contributed by atoms with Gasteiger partial charge in [-0.25, -0.2) is 13.5 Å². The average Bonchev–Trinajstić information content (AvgIpc) is 3.23. The number of nitriles is 1. The third-order valence-electron chi connectivity index (χ3n) is 6.46. The Kier molecular flexibility index (Phi) is 6.48. The van der Waals surface area contributed by atoms with Crippen molar-refractivity contribution < 1.29 is 31.5 Å². The van der Waals surface area contributed by atoms with E-state index < -0.39 is 40.7 Å². The summed E-state index contributed by atoms with van der Waals surface area (Å²) < 4.78 is 71.9. The minimum Gasteiger partial charge on any atom is -0.304 e. The molecule has 0 saturated carbocycles. The van der Waals surface area contributed by atoms with Crippen LogP contribution in [0.5, 0.6) is 0 Å². The Morgan fingerprint density at radius 2 is 1.77 bits per heavy atom. The molecule has 11 heteroatoms. The fourth-order valence-electron chi connectivity index (χ4n) is 4.68. The number of rotatable bonds is 4. The van der Waals surface area contributed by atoms with Crippen LogP contribution in [0.25, 0.3) is 16.8 Å². The van der Waals surface area contributed by atoms with E-state index in [0.717, 1.165) is 33.8 Å². The van der Waals surface area contributed by atoms with Gasteiger partial charge in [-0.15, -0.1) is 0 Å². The maximum absolute atomic E-state index is 15.4. The number of hydrogen-bond acceptors (Lipinski definition) is 4. The van der Waals surface area contributed by atoms with Gasteiger partial charge in [0, 0.05) is 17.7 Å². The molecule has 5 rings (SSSR count). The molecule has 1 amide bonds. The zero-order valence-electron chi connectivity index (χ0n) is 20.0. The molecule has 1 aliphatic rings. The van der Waals surface area contributed by atoms with Gasteiger partial charge in [-0.2, -0.15) is 23.5 Å². The van der Waals surface area contributed by atoms with Crippen molar-refractivity contribution in [2.24, 2.45) is 0 Å². The summed E-state index contributed by atoms with van der Waals surface area (Å²) in [4.78, 5) is 26.2. The number of carbonyl (C=O) groups excluding carboxylic acids is 2. The van der Waals surface area contributed by atoms with Gasteiger partial charge in [0.15, 0.2) is 12.0 Å². The molecule has 39 heavy (non-hydrogen) atoms. The minimum atomic E-state index is -4.90. The monoisotopic (exact) mass is 536 g/mol. The number of fused-ring (bicyclic) bond motifs is 1. The lowest BCUT2D eigenvalue weighted by molar-refractivity contribution is -0.142. The van der Waals surface area contributed by atoms with Gasteiger partial charge in [-0.1, -0.05) is 30.3 Å². The number of anilines is 1. The van der Waals surface area contributed by atoms with Gasteiger partial charge in [-0.3, -0.25) is 9.59 Å². The molecule has 0 saturated heterocycles. The molecule has 1 aromatic heterocycles. The van der Waals surface area contributed by atoms with Crippen molar-refractivity contribution >= 4 is 17.9 Å². The van der Waals surface area contributed by atoms with E-state index in [-0.39, 0.29) is 36.3 Å². The highest BCUT2D eigenvalue weighted by Gasteiger charge is 2.42. The molecular formula is C28H17F5N4O2. The summed E-state index contributed by atoms with van der Waals surface area (Å²) in [5.41, 5.74) is -1.66. The van der Waals surface area contributed by atoms with Crippen LogP contribution in [0.2, 0.25) is 0 Å². The SMILES string of the molecule is N#Cc1cc(-n2nc(C(F)(F)F)c3c2C(=O)N(c2ccc(-c4ccccc4C=O)cc2F)CCC3)ccc1F. The third kappa shape index (κ3) is 4.54. The average molecular weight is 536 g/mol. The van der Waals surface area contributed by atoms with Crippen LogP contribution < -0.4 is 4.90 Å². The van der Waals surface area contributed by atoms with Crippen LogP contribution in [0.1, 0.15) is 44.1 Å². The summed E-state index contributed by atoms with van der Waals surface area (Å²) in [6, 6.07) is 15.1. The molecule has 0 N–H and O–H groups in total. The van der Waals surface area contributed by atoms with Crippen LogP contribution in [0.4, 0.5) is 27.6 Å². The molecule has 3 aromatic carbocycles. The van der Waals surface area contributed by atoms with Crippen molar-refractivity contribution in [1.29, 1.82) is 5.26 Å². The molecule has 0 bridgehead atoms. The van der Waals surface area contributed by atoms with E-state index in [1.165, 1.54) is 12.1 Å². The van der Waals surface area contributed by atoms with E-state index in [1.54, 1.807) is 30.3 Å². The molecule has 4 aromatic rings. The normalized spacial score (nSPS) is 13.5. The molecule has 0 aliphatic carbocycles. The number of nitrogens with zero attached hydrogens (tertiary/aromatic N) is 4. The second-order valence-electron chi connectivity index (χ2n) is 8.79. The van der Waals surface area contributed by atoms with E-state index in [4.69, 9.17) is 0 Å². The van der Waals surface area contributed by atoms with Crippen LogP contribution >= 0.6 is 0 Å². The lowest BCUT2D eigenvalue weighted by Crippen LogP contribution is -2.33. The first-order valence-electron chi connectivity index (χ1n) is 11.7. The summed E-state index contributed by atoms with van der Waals surface area (Å²) in [6.07, 6.45) is -4.37. The number of halogens is 5. The maximum Gasteiger partial charge on any atom is 0.435 e. The number of benzene rings is 3. The van der Waals surface area contributed by atoms with Gasteiger partial charge >= 0.3 is 6.18 Å². The molecule has 6 nitrogen and oxygen atoms in total. The Hall–Kier alpha value is -4.85. The number of carbonyl (C=O) groups is 2. The third-order valence-corrected chi connectivity index (χ3v) is 6.46. The summed E-state index contributed by atoms with van der Waals surface area (Å²) in [5, 5.41) is 12.8. The highest BCUT2D eigenvalue weighted by Crippen LogP contribution is 2.38. The van der Waals surface area contributed by atoms with Crippen LogP contribution in [-0.2, 0) is 12.6 Å². The molecule has 0 fully saturated rings. The topological polar surface area (TPSA) is 79.0 Å². The first-order chi connectivity index (χ1) is 18.6. The first kappa shape index (κ1) is 25.8. The highest BCUT2D eigenvalue weighted by molar-refractivity contribution is 6.07.